The van der Waals surface area contributed by atoms with E-state index in [0.29, 0.717) is 74.3 Å². The number of ether oxygens (including phenoxy) is 3. The molecule has 0 aliphatic heterocycles. The number of aromatic hydroxyl groups is 1. The fourth-order valence-electron chi connectivity index (χ4n) is 2.96. The van der Waals surface area contributed by atoms with Crippen LogP contribution in [0, 0.1) is 17.8 Å². The summed E-state index contributed by atoms with van der Waals surface area (Å²) in [7, 11) is 0.458. The van der Waals surface area contributed by atoms with Crippen molar-refractivity contribution in [1.82, 2.24) is 0 Å². The van der Waals surface area contributed by atoms with Gasteiger partial charge in [-0.15, -0.1) is 5.30 Å². The molecule has 0 bridgehead atoms. The number of carbonyl (C=O) groups is 1. The van der Waals surface area contributed by atoms with E-state index in [-0.39, 0.29) is 30.1 Å². The smallest absolute Gasteiger partial charge is 0.508 e. The predicted octanol–water partition coefficient (Wildman–Crippen LogP) is 4.08. The van der Waals surface area contributed by atoms with Crippen molar-refractivity contribution in [3.63, 3.8) is 0 Å². The third kappa shape index (κ3) is 11.7. The molecule has 0 aromatic heterocycles. The minimum atomic E-state index is -0.0871. The number of hydrogen-bond acceptors (Lipinski definition) is 5. The Balaban J connectivity index is 0.00000612. The zero-order valence-electron chi connectivity index (χ0n) is 22.5. The van der Waals surface area contributed by atoms with Gasteiger partial charge >= 0.3 is 18.9 Å². The number of carbonyl (C=O) groups excluding carboxylic acids is 1. The van der Waals surface area contributed by atoms with Crippen LogP contribution in [0.25, 0.3) is 0 Å². The first kappa shape index (κ1) is 31.4. The summed E-state index contributed by atoms with van der Waals surface area (Å²) < 4.78 is 18.4. The van der Waals surface area contributed by atoms with E-state index in [1.165, 1.54) is 12.1 Å². The molecular formula is C28H40LiO5P. The summed E-state index contributed by atoms with van der Waals surface area (Å²) in [5.41, 5.74) is 0.439. The molecule has 0 spiro atoms. The molecule has 0 atom stereocenters. The average Bonchev–Trinajstić information content (AvgIpc) is 2.75. The fourth-order valence-corrected chi connectivity index (χ4v) is 3.92. The SMILES string of the molecule is CC(C)CCOc1cc(OCCC(C)C)c([P-]C(=O)c2ccc(O)cc2)c(OCCC(C)C)c1.[Li+]. The van der Waals surface area contributed by atoms with Gasteiger partial charge in [-0.2, -0.15) is 0 Å². The summed E-state index contributed by atoms with van der Waals surface area (Å²) >= 11 is 0. The minimum absolute atomic E-state index is 0. The second-order valence-electron chi connectivity index (χ2n) is 9.82. The van der Waals surface area contributed by atoms with Crippen LogP contribution in [0.5, 0.6) is 23.0 Å². The Kier molecular flexibility index (Phi) is 14.5. The molecule has 2 rings (SSSR count). The van der Waals surface area contributed by atoms with Gasteiger partial charge in [-0.25, -0.2) is 0 Å². The van der Waals surface area contributed by atoms with Gasteiger partial charge < -0.3 is 32.7 Å². The molecule has 0 aliphatic carbocycles. The largest absolute Gasteiger partial charge is 1.00 e. The Hall–Kier alpha value is -1.66. The maximum Gasteiger partial charge on any atom is 1.00 e. The van der Waals surface area contributed by atoms with E-state index in [2.05, 4.69) is 41.5 Å². The Morgan fingerprint density at radius 1 is 0.771 bits per heavy atom. The van der Waals surface area contributed by atoms with E-state index in [0.717, 1.165) is 19.3 Å². The summed E-state index contributed by atoms with van der Waals surface area (Å²) in [4.78, 5) is 13.1. The number of phenols is 1. The first-order valence-electron chi connectivity index (χ1n) is 12.3. The normalized spacial score (nSPS) is 11.3. The van der Waals surface area contributed by atoms with Gasteiger partial charge in [0.15, 0.2) is 0 Å². The van der Waals surface area contributed by atoms with Crippen molar-refractivity contribution in [1.29, 1.82) is 0 Å². The second kappa shape index (κ2) is 16.2. The van der Waals surface area contributed by atoms with Crippen LogP contribution < -0.4 is 38.4 Å². The van der Waals surface area contributed by atoms with Gasteiger partial charge in [0.1, 0.15) is 11.5 Å². The molecule has 188 valence electrons. The van der Waals surface area contributed by atoms with Gasteiger partial charge in [-0.3, -0.25) is 0 Å². The van der Waals surface area contributed by atoms with Crippen molar-refractivity contribution in [2.75, 3.05) is 19.8 Å². The van der Waals surface area contributed by atoms with Crippen LogP contribution in [0.2, 0.25) is 0 Å². The summed E-state index contributed by atoms with van der Waals surface area (Å²) in [5.74, 6) is 3.62. The Bertz CT molecular complexity index is 862. The first-order chi connectivity index (χ1) is 16.2. The van der Waals surface area contributed by atoms with Gasteiger partial charge in [0.05, 0.1) is 31.3 Å². The summed E-state index contributed by atoms with van der Waals surface area (Å²) in [6.45, 7) is 14.7. The maximum absolute atomic E-state index is 13.1. The van der Waals surface area contributed by atoms with Crippen LogP contribution in [0.4, 0.5) is 0 Å². The van der Waals surface area contributed by atoms with Gasteiger partial charge in [0, 0.05) is 17.7 Å². The Morgan fingerprint density at radius 2 is 1.20 bits per heavy atom. The zero-order valence-corrected chi connectivity index (χ0v) is 23.4. The van der Waals surface area contributed by atoms with E-state index >= 15 is 0 Å². The molecule has 0 aliphatic rings. The third-order valence-electron chi connectivity index (χ3n) is 5.21. The van der Waals surface area contributed by atoms with E-state index in [9.17, 15) is 9.90 Å². The topological polar surface area (TPSA) is 65.0 Å². The number of hydrogen-bond donors (Lipinski definition) is 1. The van der Waals surface area contributed by atoms with Gasteiger partial charge in [0.25, 0.3) is 0 Å². The quantitative estimate of drug-likeness (QED) is 0.299. The van der Waals surface area contributed by atoms with E-state index in [1.54, 1.807) is 12.1 Å². The van der Waals surface area contributed by atoms with Crippen LogP contribution in [-0.2, 0) is 0 Å². The fraction of sp³-hybridized carbons (Fsp3) is 0.536. The van der Waals surface area contributed by atoms with Crippen LogP contribution in [0.3, 0.4) is 0 Å². The molecule has 35 heavy (non-hydrogen) atoms. The zero-order chi connectivity index (χ0) is 25.1. The number of benzene rings is 2. The molecule has 0 saturated heterocycles. The van der Waals surface area contributed by atoms with Crippen LogP contribution >= 0.6 is 8.58 Å². The molecule has 0 heterocycles. The van der Waals surface area contributed by atoms with Gasteiger partial charge in [-0.05, 0) is 54.7 Å². The van der Waals surface area contributed by atoms with Crippen LogP contribution in [-0.4, -0.2) is 30.5 Å². The molecule has 2 aromatic rings. The monoisotopic (exact) mass is 494 g/mol. The average molecular weight is 495 g/mol. The molecule has 0 amide bonds. The van der Waals surface area contributed by atoms with E-state index in [4.69, 9.17) is 14.2 Å². The van der Waals surface area contributed by atoms with Crippen molar-refractivity contribution < 1.29 is 43.0 Å². The van der Waals surface area contributed by atoms with Crippen molar-refractivity contribution in [3.05, 3.63) is 42.0 Å². The standard InChI is InChI=1S/C28H40O5P.Li/c1-19(2)11-14-31-24-17-25(32-15-12-20(3)4)27(26(18-24)33-16-13-21(5)6)34-28(30)22-7-9-23(29)10-8-22;/h7-10,17-21,29H,11-16H2,1-6H3;/q-1;+1. The molecule has 2 aromatic carbocycles. The predicted molar refractivity (Wildman–Crippen MR) is 140 cm³/mol. The molecule has 0 radical (unpaired) electrons. The Labute approximate surface area is 225 Å². The van der Waals surface area contributed by atoms with Crippen molar-refractivity contribution in [3.8, 4) is 23.0 Å². The first-order valence-corrected chi connectivity index (χ1v) is 13.2. The molecule has 0 saturated carbocycles. The number of phenolic OH excluding ortho intramolecular Hbond substituents is 1. The number of rotatable bonds is 15. The van der Waals surface area contributed by atoms with Gasteiger partial charge in [0.2, 0.25) is 0 Å². The summed E-state index contributed by atoms with van der Waals surface area (Å²) in [6.07, 6.45) is 2.76. The molecule has 0 fully saturated rings. The van der Waals surface area contributed by atoms with Crippen molar-refractivity contribution in [2.24, 2.45) is 17.8 Å². The molecule has 0 unspecified atom stereocenters. The van der Waals surface area contributed by atoms with E-state index in [1.807, 2.05) is 12.1 Å². The molecular weight excluding hydrogens is 454 g/mol. The summed E-state index contributed by atoms with van der Waals surface area (Å²) in [5, 5.41) is 10.3. The maximum atomic E-state index is 13.1. The third-order valence-corrected chi connectivity index (χ3v) is 6.34. The molecule has 1 N–H and O–H groups in total. The molecule has 5 nitrogen and oxygen atoms in total. The van der Waals surface area contributed by atoms with Crippen LogP contribution in [0.1, 0.15) is 71.2 Å². The van der Waals surface area contributed by atoms with Gasteiger partial charge in [-0.1, -0.05) is 53.7 Å². The Morgan fingerprint density at radius 3 is 1.63 bits per heavy atom. The minimum Gasteiger partial charge on any atom is -0.508 e. The summed E-state index contributed by atoms with van der Waals surface area (Å²) in [6, 6.07) is 10.1. The molecule has 7 heteroatoms. The second-order valence-corrected chi connectivity index (χ2v) is 10.9. The van der Waals surface area contributed by atoms with Crippen molar-refractivity contribution in [2.45, 2.75) is 60.8 Å². The van der Waals surface area contributed by atoms with Crippen LogP contribution in [0.15, 0.2) is 36.4 Å². The van der Waals surface area contributed by atoms with Crippen molar-refractivity contribution >= 4 is 19.4 Å². The van der Waals surface area contributed by atoms with E-state index < -0.39 is 0 Å².